The molecule has 22 heavy (non-hydrogen) atoms. The molecule has 0 aliphatic heterocycles. The van der Waals surface area contributed by atoms with E-state index in [0.29, 0.717) is 12.4 Å². The number of hydrogen-bond acceptors (Lipinski definition) is 6. The highest BCUT2D eigenvalue weighted by molar-refractivity contribution is 7.92. The van der Waals surface area contributed by atoms with Crippen LogP contribution < -0.4 is 14.8 Å². The summed E-state index contributed by atoms with van der Waals surface area (Å²) in [4.78, 5) is 0. The van der Waals surface area contributed by atoms with Crippen LogP contribution in [0, 0.1) is 0 Å². The van der Waals surface area contributed by atoms with Crippen molar-refractivity contribution >= 4 is 21.7 Å². The molecule has 1 aromatic carbocycles. The Morgan fingerprint density at radius 1 is 1.05 bits per heavy atom. The van der Waals surface area contributed by atoms with Gasteiger partial charge in [-0.15, -0.1) is 10.2 Å². The number of anilines is 2. The molecule has 0 saturated heterocycles. The Balaban J connectivity index is 1.83. The second-order valence-electron chi connectivity index (χ2n) is 4.70. The van der Waals surface area contributed by atoms with Gasteiger partial charge in [-0.25, -0.2) is 8.42 Å². The lowest BCUT2D eigenvalue weighted by molar-refractivity contribution is 0.414. The first kappa shape index (κ1) is 16.0. The summed E-state index contributed by atoms with van der Waals surface area (Å²) in [5.74, 6) is 1.62. The molecule has 0 atom stereocenters. The van der Waals surface area contributed by atoms with Crippen molar-refractivity contribution in [1.29, 1.82) is 0 Å². The van der Waals surface area contributed by atoms with Gasteiger partial charge in [0.05, 0.1) is 13.4 Å². The minimum atomic E-state index is -3.33. The molecule has 0 spiro atoms. The normalized spacial score (nSPS) is 11.0. The molecule has 118 valence electrons. The van der Waals surface area contributed by atoms with E-state index < -0.39 is 10.0 Å². The van der Waals surface area contributed by atoms with Crippen LogP contribution in [0.2, 0.25) is 0 Å². The van der Waals surface area contributed by atoms with E-state index >= 15 is 0 Å². The summed E-state index contributed by atoms with van der Waals surface area (Å²) in [6, 6.07) is 11.1. The monoisotopic (exact) mass is 322 g/mol. The number of nitrogens with one attached hydrogen (secondary N) is 2. The Hall–Kier alpha value is -2.35. The fraction of sp³-hybridized carbons (Fsp3) is 0.286. The van der Waals surface area contributed by atoms with Crippen LogP contribution in [0.4, 0.5) is 11.6 Å². The second-order valence-corrected chi connectivity index (χ2v) is 6.45. The Morgan fingerprint density at radius 2 is 1.68 bits per heavy atom. The number of sulfonamides is 1. The van der Waals surface area contributed by atoms with Crippen molar-refractivity contribution in [2.75, 3.05) is 29.9 Å². The molecule has 0 bridgehead atoms. The standard InChI is InChI=1S/C14H18N4O3S/c1-21-12-5-3-11(4-6-12)9-10-15-13-7-8-14(17-16-13)18-22(2,19)20/h3-8H,9-10H2,1-2H3,(H,15,16)(H,17,18). The van der Waals surface area contributed by atoms with Gasteiger partial charge in [-0.05, 0) is 36.2 Å². The van der Waals surface area contributed by atoms with Crippen LogP contribution in [0.3, 0.4) is 0 Å². The molecule has 2 aromatic rings. The van der Waals surface area contributed by atoms with E-state index in [0.717, 1.165) is 18.4 Å². The van der Waals surface area contributed by atoms with Gasteiger partial charge in [-0.1, -0.05) is 12.1 Å². The topological polar surface area (TPSA) is 93.2 Å². The number of nitrogens with zero attached hydrogens (tertiary/aromatic N) is 2. The molecule has 0 aliphatic carbocycles. The van der Waals surface area contributed by atoms with Gasteiger partial charge < -0.3 is 10.1 Å². The highest BCUT2D eigenvalue weighted by atomic mass is 32.2. The van der Waals surface area contributed by atoms with Crippen LogP contribution in [0.1, 0.15) is 5.56 Å². The smallest absolute Gasteiger partial charge is 0.231 e. The highest BCUT2D eigenvalue weighted by Crippen LogP contribution is 2.12. The zero-order valence-corrected chi connectivity index (χ0v) is 13.2. The Kier molecular flexibility index (Phi) is 5.16. The third-order valence-electron chi connectivity index (χ3n) is 2.83. The van der Waals surface area contributed by atoms with Gasteiger partial charge >= 0.3 is 0 Å². The van der Waals surface area contributed by atoms with E-state index in [-0.39, 0.29) is 5.82 Å². The molecule has 1 aromatic heterocycles. The van der Waals surface area contributed by atoms with Gasteiger partial charge in [0.1, 0.15) is 11.6 Å². The lowest BCUT2D eigenvalue weighted by Gasteiger charge is -2.07. The molecule has 0 unspecified atom stereocenters. The predicted molar refractivity (Wildman–Crippen MR) is 85.7 cm³/mol. The van der Waals surface area contributed by atoms with Crippen LogP contribution in [0.25, 0.3) is 0 Å². The fourth-order valence-corrected chi connectivity index (χ4v) is 2.29. The summed E-state index contributed by atoms with van der Waals surface area (Å²) < 4.78 is 29.5. The first-order chi connectivity index (χ1) is 10.5. The zero-order valence-electron chi connectivity index (χ0n) is 12.4. The first-order valence-corrected chi connectivity index (χ1v) is 8.54. The number of aromatic nitrogens is 2. The maximum atomic E-state index is 11.1. The summed E-state index contributed by atoms with van der Waals surface area (Å²) in [5, 5.41) is 10.8. The molecule has 1 heterocycles. The number of benzene rings is 1. The summed E-state index contributed by atoms with van der Waals surface area (Å²) in [5.41, 5.74) is 1.18. The minimum absolute atomic E-state index is 0.197. The third kappa shape index (κ3) is 5.21. The maximum Gasteiger partial charge on any atom is 0.231 e. The van der Waals surface area contributed by atoms with Crippen molar-refractivity contribution in [3.8, 4) is 5.75 Å². The highest BCUT2D eigenvalue weighted by Gasteiger charge is 2.03. The van der Waals surface area contributed by atoms with Crippen LogP contribution in [-0.2, 0) is 16.4 Å². The molecule has 8 heteroatoms. The zero-order chi connectivity index (χ0) is 16.0. The molecule has 0 radical (unpaired) electrons. The van der Waals surface area contributed by atoms with E-state index in [1.165, 1.54) is 5.56 Å². The van der Waals surface area contributed by atoms with Gasteiger partial charge in [0, 0.05) is 6.54 Å². The van der Waals surface area contributed by atoms with Gasteiger partial charge in [-0.3, -0.25) is 4.72 Å². The molecule has 0 amide bonds. The van der Waals surface area contributed by atoms with Crippen molar-refractivity contribution in [3.63, 3.8) is 0 Å². The average molecular weight is 322 g/mol. The second kappa shape index (κ2) is 7.08. The van der Waals surface area contributed by atoms with Gasteiger partial charge in [0.25, 0.3) is 0 Å². The Morgan fingerprint density at radius 3 is 2.23 bits per heavy atom. The van der Waals surface area contributed by atoms with Crippen molar-refractivity contribution in [2.24, 2.45) is 0 Å². The molecule has 0 aliphatic rings. The summed E-state index contributed by atoms with van der Waals surface area (Å²) in [6.45, 7) is 0.694. The number of rotatable bonds is 7. The molecule has 2 N–H and O–H groups in total. The maximum absolute atomic E-state index is 11.1. The first-order valence-electron chi connectivity index (χ1n) is 6.64. The molecular weight excluding hydrogens is 304 g/mol. The quantitative estimate of drug-likeness (QED) is 0.802. The molecule has 0 saturated carbocycles. The van der Waals surface area contributed by atoms with Gasteiger partial charge in [0.2, 0.25) is 10.0 Å². The van der Waals surface area contributed by atoms with Crippen molar-refractivity contribution in [1.82, 2.24) is 10.2 Å². The Bertz CT molecular complexity index is 700. The fourth-order valence-electron chi connectivity index (χ4n) is 1.80. The average Bonchev–Trinajstić information content (AvgIpc) is 2.48. The van der Waals surface area contributed by atoms with E-state index in [2.05, 4.69) is 20.2 Å². The van der Waals surface area contributed by atoms with Gasteiger partial charge in [0.15, 0.2) is 5.82 Å². The third-order valence-corrected chi connectivity index (χ3v) is 3.41. The minimum Gasteiger partial charge on any atom is -0.497 e. The predicted octanol–water partition coefficient (Wildman–Crippen LogP) is 1.51. The van der Waals surface area contributed by atoms with Gasteiger partial charge in [-0.2, -0.15) is 0 Å². The van der Waals surface area contributed by atoms with Crippen LogP contribution in [0.15, 0.2) is 36.4 Å². The number of hydrogen-bond donors (Lipinski definition) is 2. The SMILES string of the molecule is COc1ccc(CCNc2ccc(NS(C)(=O)=O)nn2)cc1. The molecule has 2 rings (SSSR count). The molecule has 0 fully saturated rings. The lowest BCUT2D eigenvalue weighted by atomic mass is 10.1. The molecular formula is C14H18N4O3S. The van der Waals surface area contributed by atoms with E-state index in [9.17, 15) is 8.42 Å². The van der Waals surface area contributed by atoms with Crippen LogP contribution >= 0.6 is 0 Å². The van der Waals surface area contributed by atoms with E-state index in [4.69, 9.17) is 4.74 Å². The largest absolute Gasteiger partial charge is 0.497 e. The molecule has 7 nitrogen and oxygen atoms in total. The lowest BCUT2D eigenvalue weighted by Crippen LogP contribution is -2.12. The number of methoxy groups -OCH3 is 1. The van der Waals surface area contributed by atoms with Crippen molar-refractivity contribution in [2.45, 2.75) is 6.42 Å². The van der Waals surface area contributed by atoms with Crippen molar-refractivity contribution in [3.05, 3.63) is 42.0 Å². The van der Waals surface area contributed by atoms with Crippen LogP contribution in [-0.4, -0.2) is 38.5 Å². The number of ether oxygens (including phenoxy) is 1. The summed E-state index contributed by atoms with van der Waals surface area (Å²) in [6.07, 6.45) is 1.89. The summed E-state index contributed by atoms with van der Waals surface area (Å²) in [7, 11) is -1.70. The Labute approximate surface area is 129 Å². The summed E-state index contributed by atoms with van der Waals surface area (Å²) >= 11 is 0. The van der Waals surface area contributed by atoms with E-state index in [1.807, 2.05) is 24.3 Å². The van der Waals surface area contributed by atoms with Crippen molar-refractivity contribution < 1.29 is 13.2 Å². The van der Waals surface area contributed by atoms with E-state index in [1.54, 1.807) is 19.2 Å². The van der Waals surface area contributed by atoms with Crippen LogP contribution in [0.5, 0.6) is 5.75 Å².